The summed E-state index contributed by atoms with van der Waals surface area (Å²) in [4.78, 5) is 11.3. The molecule has 0 saturated carbocycles. The molecule has 0 aliphatic carbocycles. The molecule has 4 nitrogen and oxygen atoms in total. The van der Waals surface area contributed by atoms with Crippen LogP contribution >= 0.6 is 0 Å². The lowest BCUT2D eigenvalue weighted by atomic mass is 9.69. The minimum atomic E-state index is -1.41. The predicted molar refractivity (Wildman–Crippen MR) is 68.6 cm³/mol. The molecular weight excluding hydrogens is 232 g/mol. The Bertz CT molecular complexity index is 422. The van der Waals surface area contributed by atoms with Gasteiger partial charge in [-0.05, 0) is 38.0 Å². The quantitative estimate of drug-likeness (QED) is 0.844. The van der Waals surface area contributed by atoms with Crippen LogP contribution in [0.1, 0.15) is 32.8 Å². The van der Waals surface area contributed by atoms with Crippen molar-refractivity contribution >= 4 is 5.97 Å². The van der Waals surface area contributed by atoms with Gasteiger partial charge in [0.25, 0.3) is 0 Å². The van der Waals surface area contributed by atoms with Gasteiger partial charge in [0, 0.05) is 0 Å². The Balaban J connectivity index is 3.26. The average Bonchev–Trinajstić information content (AvgIpc) is 2.37. The summed E-state index contributed by atoms with van der Waals surface area (Å²) in [6, 6.07) is 6.84. The second-order valence-electron chi connectivity index (χ2n) is 4.87. The van der Waals surface area contributed by atoms with Gasteiger partial charge in [-0.1, -0.05) is 19.1 Å². The topological polar surface area (TPSA) is 66.8 Å². The molecule has 100 valence electrons. The summed E-state index contributed by atoms with van der Waals surface area (Å²) in [5, 5.41) is 20.0. The zero-order valence-electron chi connectivity index (χ0n) is 11.2. The zero-order chi connectivity index (χ0) is 14.0. The first-order valence-electron chi connectivity index (χ1n) is 5.90. The van der Waals surface area contributed by atoms with Gasteiger partial charge >= 0.3 is 5.97 Å². The van der Waals surface area contributed by atoms with Crippen LogP contribution in [0, 0.1) is 5.41 Å². The second-order valence-corrected chi connectivity index (χ2v) is 4.87. The summed E-state index contributed by atoms with van der Waals surface area (Å²) in [7, 11) is 1.56. The van der Waals surface area contributed by atoms with E-state index in [4.69, 9.17) is 4.74 Å². The number of ether oxygens (including phenoxy) is 1. The van der Waals surface area contributed by atoms with Crippen molar-refractivity contribution in [3.05, 3.63) is 29.8 Å². The minimum absolute atomic E-state index is 0.318. The lowest BCUT2D eigenvalue weighted by Gasteiger charge is -2.39. The van der Waals surface area contributed by atoms with Crippen LogP contribution in [0.2, 0.25) is 0 Å². The summed E-state index contributed by atoms with van der Waals surface area (Å²) in [6.45, 7) is 4.83. The Hall–Kier alpha value is -1.55. The molecule has 1 aromatic rings. The molecule has 18 heavy (non-hydrogen) atoms. The number of methoxy groups -OCH3 is 1. The molecule has 4 heteroatoms. The van der Waals surface area contributed by atoms with E-state index in [9.17, 15) is 15.0 Å². The van der Waals surface area contributed by atoms with Crippen molar-refractivity contribution in [2.75, 3.05) is 7.11 Å². The Morgan fingerprint density at radius 3 is 2.11 bits per heavy atom. The summed E-state index contributed by atoms with van der Waals surface area (Å²) in [5.41, 5.74) is -2.10. The van der Waals surface area contributed by atoms with Gasteiger partial charge in [-0.3, -0.25) is 4.79 Å². The SMILES string of the molecule is CCC(O)(c1ccc(OC)cc1)C(C)(C)C(=O)O. The fraction of sp³-hybridized carbons (Fsp3) is 0.500. The molecule has 0 saturated heterocycles. The van der Waals surface area contributed by atoms with Crippen molar-refractivity contribution in [3.63, 3.8) is 0 Å². The summed E-state index contributed by atoms with van der Waals surface area (Å²) in [5.74, 6) is -0.354. The number of hydrogen-bond acceptors (Lipinski definition) is 3. The van der Waals surface area contributed by atoms with Crippen molar-refractivity contribution in [3.8, 4) is 5.75 Å². The number of benzene rings is 1. The van der Waals surface area contributed by atoms with Crippen LogP contribution < -0.4 is 4.74 Å². The largest absolute Gasteiger partial charge is 0.497 e. The molecule has 0 radical (unpaired) electrons. The third-order valence-corrected chi connectivity index (χ3v) is 3.65. The zero-order valence-corrected chi connectivity index (χ0v) is 11.2. The third kappa shape index (κ3) is 2.20. The van der Waals surface area contributed by atoms with Gasteiger partial charge < -0.3 is 14.9 Å². The van der Waals surface area contributed by atoms with Crippen LogP contribution in [0.5, 0.6) is 5.75 Å². The fourth-order valence-corrected chi connectivity index (χ4v) is 2.05. The third-order valence-electron chi connectivity index (χ3n) is 3.65. The molecule has 0 aliphatic heterocycles. The van der Waals surface area contributed by atoms with E-state index in [2.05, 4.69) is 0 Å². The van der Waals surface area contributed by atoms with Crippen molar-refractivity contribution in [1.82, 2.24) is 0 Å². The fourth-order valence-electron chi connectivity index (χ4n) is 2.05. The van der Waals surface area contributed by atoms with E-state index in [1.807, 2.05) is 0 Å². The van der Waals surface area contributed by atoms with Crippen LogP contribution in [0.25, 0.3) is 0 Å². The smallest absolute Gasteiger partial charge is 0.312 e. The van der Waals surface area contributed by atoms with Crippen LogP contribution in [-0.2, 0) is 10.4 Å². The Morgan fingerprint density at radius 2 is 1.78 bits per heavy atom. The van der Waals surface area contributed by atoms with E-state index in [1.165, 1.54) is 13.8 Å². The second kappa shape index (κ2) is 4.98. The van der Waals surface area contributed by atoms with Gasteiger partial charge in [-0.2, -0.15) is 0 Å². The molecule has 0 spiro atoms. The maximum Gasteiger partial charge on any atom is 0.312 e. The Labute approximate surface area is 107 Å². The number of aliphatic carboxylic acids is 1. The molecule has 2 N–H and O–H groups in total. The molecule has 0 heterocycles. The van der Waals surface area contributed by atoms with Gasteiger partial charge in [0.15, 0.2) is 0 Å². The number of hydrogen-bond donors (Lipinski definition) is 2. The van der Waals surface area contributed by atoms with Crippen molar-refractivity contribution in [1.29, 1.82) is 0 Å². The number of carboxylic acid groups (broad SMARTS) is 1. The van der Waals surface area contributed by atoms with Gasteiger partial charge in [0.2, 0.25) is 0 Å². The molecule has 0 fully saturated rings. The molecule has 0 aliphatic rings. The van der Waals surface area contributed by atoms with Gasteiger partial charge in [-0.25, -0.2) is 0 Å². The summed E-state index contributed by atoms with van der Waals surface area (Å²) < 4.78 is 5.05. The maximum atomic E-state index is 11.3. The first kappa shape index (κ1) is 14.5. The van der Waals surface area contributed by atoms with Gasteiger partial charge in [0.05, 0.1) is 12.5 Å². The maximum absolute atomic E-state index is 11.3. The number of aliphatic hydroxyl groups is 1. The van der Waals surface area contributed by atoms with Crippen molar-refractivity contribution < 1.29 is 19.7 Å². The highest BCUT2D eigenvalue weighted by Gasteiger charge is 2.49. The first-order chi connectivity index (χ1) is 8.29. The molecule has 1 aromatic carbocycles. The van der Waals surface area contributed by atoms with Crippen molar-refractivity contribution in [2.24, 2.45) is 5.41 Å². The lowest BCUT2D eigenvalue weighted by Crippen LogP contribution is -2.46. The van der Waals surface area contributed by atoms with Crippen LogP contribution in [0.15, 0.2) is 24.3 Å². The highest BCUT2D eigenvalue weighted by molar-refractivity contribution is 5.75. The van der Waals surface area contributed by atoms with E-state index in [-0.39, 0.29) is 0 Å². The van der Waals surface area contributed by atoms with Crippen molar-refractivity contribution in [2.45, 2.75) is 32.8 Å². The monoisotopic (exact) mass is 252 g/mol. The summed E-state index contributed by atoms with van der Waals surface area (Å²) >= 11 is 0. The standard InChI is InChI=1S/C14H20O4/c1-5-14(17,13(2,3)12(15)16)10-6-8-11(18-4)9-7-10/h6-9,17H,5H2,1-4H3,(H,15,16). The summed E-state index contributed by atoms with van der Waals surface area (Å²) in [6.07, 6.45) is 0.318. The molecular formula is C14H20O4. The molecule has 0 amide bonds. The molecule has 1 unspecified atom stereocenters. The van der Waals surface area contributed by atoms with Gasteiger partial charge in [-0.15, -0.1) is 0 Å². The van der Waals surface area contributed by atoms with Crippen LogP contribution in [0.3, 0.4) is 0 Å². The highest BCUT2D eigenvalue weighted by atomic mass is 16.5. The van der Waals surface area contributed by atoms with Gasteiger partial charge in [0.1, 0.15) is 11.4 Å². The molecule has 0 aromatic heterocycles. The van der Waals surface area contributed by atoms with Crippen LogP contribution in [-0.4, -0.2) is 23.3 Å². The minimum Gasteiger partial charge on any atom is -0.497 e. The van der Waals surface area contributed by atoms with E-state index < -0.39 is 17.0 Å². The van der Waals surface area contributed by atoms with E-state index >= 15 is 0 Å². The normalized spacial score (nSPS) is 14.9. The van der Waals surface area contributed by atoms with E-state index in [1.54, 1.807) is 38.3 Å². The van der Waals surface area contributed by atoms with Crippen LogP contribution in [0.4, 0.5) is 0 Å². The molecule has 1 rings (SSSR count). The molecule has 0 bridgehead atoms. The Kier molecular flexibility index (Phi) is 4.02. The first-order valence-corrected chi connectivity index (χ1v) is 5.90. The highest BCUT2D eigenvalue weighted by Crippen LogP contribution is 2.42. The number of carbonyl (C=O) groups is 1. The van der Waals surface area contributed by atoms with E-state index in [0.29, 0.717) is 17.7 Å². The number of rotatable bonds is 5. The Morgan fingerprint density at radius 1 is 1.28 bits per heavy atom. The van der Waals surface area contributed by atoms with E-state index in [0.717, 1.165) is 0 Å². The average molecular weight is 252 g/mol. The predicted octanol–water partition coefficient (Wildman–Crippen LogP) is 2.40. The lowest BCUT2D eigenvalue weighted by molar-refractivity contribution is -0.167. The molecule has 1 atom stereocenters. The number of carboxylic acids is 1.